The van der Waals surface area contributed by atoms with Crippen LogP contribution < -0.4 is 0 Å². The summed E-state index contributed by atoms with van der Waals surface area (Å²) in [4.78, 5) is 15.0. The van der Waals surface area contributed by atoms with Gasteiger partial charge >= 0.3 is 6.18 Å². The summed E-state index contributed by atoms with van der Waals surface area (Å²) < 4.78 is 50.4. The third-order valence-corrected chi connectivity index (χ3v) is 4.61. The molecule has 6 nitrogen and oxygen atoms in total. The smallest absolute Gasteiger partial charge is 0.383 e. The molecule has 0 saturated heterocycles. The van der Waals surface area contributed by atoms with Crippen molar-refractivity contribution in [1.29, 1.82) is 0 Å². The lowest BCUT2D eigenvalue weighted by molar-refractivity contribution is -0.137. The summed E-state index contributed by atoms with van der Waals surface area (Å²) in [6.07, 6.45) is -1.46. The molecule has 9 heteroatoms. The van der Waals surface area contributed by atoms with Crippen LogP contribution in [0.1, 0.15) is 11.4 Å². The Morgan fingerprint density at radius 1 is 1.00 bits per heavy atom. The molecule has 0 spiro atoms. The van der Waals surface area contributed by atoms with Gasteiger partial charge in [-0.15, -0.1) is 0 Å². The van der Waals surface area contributed by atoms with Gasteiger partial charge in [0.1, 0.15) is 5.82 Å². The maximum absolute atomic E-state index is 13.4. The van der Waals surface area contributed by atoms with Crippen molar-refractivity contribution in [2.45, 2.75) is 12.7 Å². The van der Waals surface area contributed by atoms with Gasteiger partial charge in [-0.05, 0) is 18.2 Å². The van der Waals surface area contributed by atoms with E-state index in [1.54, 1.807) is 38.6 Å². The Bertz CT molecular complexity index is 974. The number of nitrogens with zero attached hydrogens (tertiary/aromatic N) is 4. The Balaban J connectivity index is 1.92. The molecule has 0 atom stereocenters. The second kappa shape index (κ2) is 9.92. The first-order valence-electron chi connectivity index (χ1n) is 9.41. The SMILES string of the molecule is COCCN(CCOC)Cc1ncc2ccc(-c3ncccc3C(F)(F)F)cc2n1. The predicted molar refractivity (Wildman–Crippen MR) is 107 cm³/mol. The van der Waals surface area contributed by atoms with E-state index in [-0.39, 0.29) is 5.69 Å². The van der Waals surface area contributed by atoms with Crippen molar-refractivity contribution in [2.24, 2.45) is 0 Å². The van der Waals surface area contributed by atoms with E-state index in [1.165, 1.54) is 12.3 Å². The highest BCUT2D eigenvalue weighted by atomic mass is 19.4. The van der Waals surface area contributed by atoms with Crippen molar-refractivity contribution in [1.82, 2.24) is 19.9 Å². The summed E-state index contributed by atoms with van der Waals surface area (Å²) >= 11 is 0. The van der Waals surface area contributed by atoms with Gasteiger partial charge in [0.05, 0.1) is 36.5 Å². The van der Waals surface area contributed by atoms with Crippen molar-refractivity contribution in [3.8, 4) is 11.3 Å². The Hall–Kier alpha value is -2.62. The number of pyridine rings is 1. The van der Waals surface area contributed by atoms with Crippen LogP contribution in [0.5, 0.6) is 0 Å². The van der Waals surface area contributed by atoms with Crippen molar-refractivity contribution in [3.63, 3.8) is 0 Å². The first-order chi connectivity index (χ1) is 14.4. The Morgan fingerprint density at radius 2 is 1.73 bits per heavy atom. The summed E-state index contributed by atoms with van der Waals surface area (Å²) in [7, 11) is 3.27. The molecule has 2 aromatic heterocycles. The van der Waals surface area contributed by atoms with Gasteiger partial charge in [0.15, 0.2) is 0 Å². The molecule has 1 aromatic carbocycles. The fourth-order valence-corrected chi connectivity index (χ4v) is 3.06. The normalized spacial score (nSPS) is 12.1. The van der Waals surface area contributed by atoms with Gasteiger partial charge in [0.2, 0.25) is 0 Å². The summed E-state index contributed by atoms with van der Waals surface area (Å²) in [5.74, 6) is 0.573. The summed E-state index contributed by atoms with van der Waals surface area (Å²) in [5, 5.41) is 0.743. The van der Waals surface area contributed by atoms with Gasteiger partial charge in [-0.2, -0.15) is 13.2 Å². The molecular formula is C21H23F3N4O2. The number of halogens is 3. The number of hydrogen-bond acceptors (Lipinski definition) is 6. The largest absolute Gasteiger partial charge is 0.418 e. The van der Waals surface area contributed by atoms with E-state index >= 15 is 0 Å². The molecule has 3 rings (SSSR count). The van der Waals surface area contributed by atoms with Crippen LogP contribution >= 0.6 is 0 Å². The lowest BCUT2D eigenvalue weighted by Gasteiger charge is -2.20. The zero-order chi connectivity index (χ0) is 21.6. The van der Waals surface area contributed by atoms with Crippen LogP contribution in [-0.2, 0) is 22.2 Å². The maximum Gasteiger partial charge on any atom is 0.418 e. The molecule has 0 N–H and O–H groups in total. The van der Waals surface area contributed by atoms with Crippen LogP contribution in [0.2, 0.25) is 0 Å². The van der Waals surface area contributed by atoms with Crippen LogP contribution in [0.15, 0.2) is 42.7 Å². The first kappa shape index (κ1) is 22.1. The van der Waals surface area contributed by atoms with E-state index in [0.717, 1.165) is 11.5 Å². The van der Waals surface area contributed by atoms with Gasteiger partial charge < -0.3 is 9.47 Å². The molecule has 160 valence electrons. The van der Waals surface area contributed by atoms with E-state index in [2.05, 4.69) is 19.9 Å². The molecule has 0 amide bonds. The number of methoxy groups -OCH3 is 2. The van der Waals surface area contributed by atoms with Crippen LogP contribution in [0, 0.1) is 0 Å². The number of ether oxygens (including phenoxy) is 2. The zero-order valence-electron chi connectivity index (χ0n) is 16.8. The standard InChI is InChI=1S/C21H23F3N4O2/c1-29-10-8-28(9-11-30-2)14-19-26-13-16-6-5-15(12-18(16)27-19)20-17(21(22,23)24)4-3-7-25-20/h3-7,12-13H,8-11,14H2,1-2H3. The second-order valence-corrected chi connectivity index (χ2v) is 6.72. The molecule has 30 heavy (non-hydrogen) atoms. The monoisotopic (exact) mass is 420 g/mol. The van der Waals surface area contributed by atoms with E-state index in [0.29, 0.717) is 49.8 Å². The lowest BCUT2D eigenvalue weighted by atomic mass is 10.0. The van der Waals surface area contributed by atoms with Gasteiger partial charge in [-0.25, -0.2) is 9.97 Å². The molecule has 3 aromatic rings. The van der Waals surface area contributed by atoms with Crippen molar-refractivity contribution < 1.29 is 22.6 Å². The van der Waals surface area contributed by atoms with E-state index in [1.807, 2.05) is 0 Å². The van der Waals surface area contributed by atoms with Crippen LogP contribution in [-0.4, -0.2) is 60.4 Å². The minimum absolute atomic E-state index is 0.117. The molecular weight excluding hydrogens is 397 g/mol. The molecule has 2 heterocycles. The van der Waals surface area contributed by atoms with E-state index in [9.17, 15) is 13.2 Å². The van der Waals surface area contributed by atoms with Gasteiger partial charge in [0, 0.05) is 50.7 Å². The number of fused-ring (bicyclic) bond motifs is 1. The highest BCUT2D eigenvalue weighted by Crippen LogP contribution is 2.36. The number of aromatic nitrogens is 3. The Kier molecular flexibility index (Phi) is 7.30. The summed E-state index contributed by atoms with van der Waals surface area (Å²) in [6, 6.07) is 7.24. The summed E-state index contributed by atoms with van der Waals surface area (Å²) in [6.45, 7) is 2.96. The molecule has 0 aliphatic heterocycles. The topological polar surface area (TPSA) is 60.4 Å². The fourth-order valence-electron chi connectivity index (χ4n) is 3.06. The van der Waals surface area contributed by atoms with Gasteiger partial charge in [-0.1, -0.05) is 12.1 Å². The molecule has 0 aliphatic carbocycles. The quantitative estimate of drug-likeness (QED) is 0.525. The van der Waals surface area contributed by atoms with Crippen molar-refractivity contribution in [3.05, 3.63) is 54.1 Å². The van der Waals surface area contributed by atoms with Gasteiger partial charge in [-0.3, -0.25) is 9.88 Å². The number of rotatable bonds is 9. The molecule has 0 bridgehead atoms. The van der Waals surface area contributed by atoms with E-state index in [4.69, 9.17) is 9.47 Å². The molecule has 0 fully saturated rings. The number of benzene rings is 1. The Labute approximate surface area is 172 Å². The minimum Gasteiger partial charge on any atom is -0.383 e. The lowest BCUT2D eigenvalue weighted by Crippen LogP contribution is -2.31. The highest BCUT2D eigenvalue weighted by Gasteiger charge is 2.34. The third-order valence-electron chi connectivity index (χ3n) is 4.61. The van der Waals surface area contributed by atoms with E-state index < -0.39 is 11.7 Å². The van der Waals surface area contributed by atoms with Crippen molar-refractivity contribution in [2.75, 3.05) is 40.5 Å². The highest BCUT2D eigenvalue weighted by molar-refractivity contribution is 5.83. The average molecular weight is 420 g/mol. The zero-order valence-corrected chi connectivity index (χ0v) is 16.8. The van der Waals surface area contributed by atoms with Crippen LogP contribution in [0.25, 0.3) is 22.2 Å². The molecule has 0 unspecified atom stereocenters. The summed E-state index contributed by atoms with van der Waals surface area (Å²) in [5.41, 5.74) is 0.0308. The first-order valence-corrected chi connectivity index (χ1v) is 9.41. The second-order valence-electron chi connectivity index (χ2n) is 6.72. The fraction of sp³-hybridized carbons (Fsp3) is 0.381. The Morgan fingerprint density at radius 3 is 2.40 bits per heavy atom. The van der Waals surface area contributed by atoms with Crippen LogP contribution in [0.4, 0.5) is 13.2 Å². The maximum atomic E-state index is 13.4. The average Bonchev–Trinajstić information content (AvgIpc) is 2.74. The van der Waals surface area contributed by atoms with Gasteiger partial charge in [0.25, 0.3) is 0 Å². The molecule has 0 aliphatic rings. The third kappa shape index (κ3) is 5.50. The van der Waals surface area contributed by atoms with Crippen molar-refractivity contribution >= 4 is 10.9 Å². The number of alkyl halides is 3. The van der Waals surface area contributed by atoms with Crippen LogP contribution in [0.3, 0.4) is 0 Å². The minimum atomic E-state index is -4.49. The molecule has 0 saturated carbocycles. The molecule has 0 radical (unpaired) electrons. The predicted octanol–water partition coefficient (Wildman–Crippen LogP) is 3.81. The number of hydrogen-bond donors (Lipinski definition) is 0.